The van der Waals surface area contributed by atoms with Gasteiger partial charge in [0, 0.05) is 0 Å². The molecule has 0 spiro atoms. The minimum atomic E-state index is -4.10. The third kappa shape index (κ3) is 2.42. The van der Waals surface area contributed by atoms with E-state index >= 15 is 0 Å². The van der Waals surface area contributed by atoms with Crippen molar-refractivity contribution in [2.24, 2.45) is 0 Å². The van der Waals surface area contributed by atoms with Crippen molar-refractivity contribution in [3.8, 4) is 5.75 Å². The molecule has 22 heavy (non-hydrogen) atoms. The number of hydrogen-bond acceptors (Lipinski definition) is 6. The van der Waals surface area contributed by atoms with Gasteiger partial charge in [-0.3, -0.25) is 0 Å². The highest BCUT2D eigenvalue weighted by molar-refractivity contribution is 7.87. The van der Waals surface area contributed by atoms with Crippen LogP contribution >= 0.6 is 0 Å². The summed E-state index contributed by atoms with van der Waals surface area (Å²) in [4.78, 5) is 11.7. The average Bonchev–Trinajstić information content (AvgIpc) is 2.52. The standard InChI is InChI=1S/C15H11NO5S/c16-13-14(11-8-4-5-9-12(11)20-15(13)17)21-22(18,19)10-6-2-1-3-7-10/h1-9H,16H2. The Balaban J connectivity index is 2.19. The van der Waals surface area contributed by atoms with Crippen LogP contribution in [0, 0.1) is 0 Å². The molecule has 0 fully saturated rings. The highest BCUT2D eigenvalue weighted by Crippen LogP contribution is 2.31. The molecule has 0 aliphatic carbocycles. The summed E-state index contributed by atoms with van der Waals surface area (Å²) >= 11 is 0. The fourth-order valence-corrected chi connectivity index (χ4v) is 2.96. The van der Waals surface area contributed by atoms with Gasteiger partial charge in [-0.05, 0) is 24.3 Å². The van der Waals surface area contributed by atoms with Gasteiger partial charge in [0.1, 0.15) is 10.5 Å². The Kier molecular flexibility index (Phi) is 3.34. The van der Waals surface area contributed by atoms with Crippen LogP contribution in [0.3, 0.4) is 0 Å². The molecule has 0 bridgehead atoms. The zero-order chi connectivity index (χ0) is 15.7. The van der Waals surface area contributed by atoms with Crippen LogP contribution in [0.15, 0.2) is 68.7 Å². The molecule has 0 unspecified atom stereocenters. The van der Waals surface area contributed by atoms with E-state index in [0.717, 1.165) is 0 Å². The quantitative estimate of drug-likeness (QED) is 0.587. The maximum Gasteiger partial charge on any atom is 0.363 e. The second-order valence-corrected chi connectivity index (χ2v) is 6.03. The first-order valence-corrected chi connectivity index (χ1v) is 7.71. The van der Waals surface area contributed by atoms with E-state index < -0.39 is 21.4 Å². The summed E-state index contributed by atoms with van der Waals surface area (Å²) in [5.41, 5.74) is 4.59. The van der Waals surface area contributed by atoms with Crippen LogP contribution in [0.4, 0.5) is 5.69 Å². The molecule has 0 atom stereocenters. The molecule has 3 rings (SSSR count). The minimum Gasteiger partial charge on any atom is -0.421 e. The van der Waals surface area contributed by atoms with Gasteiger partial charge in [0.05, 0.1) is 5.39 Å². The normalized spacial score (nSPS) is 11.5. The van der Waals surface area contributed by atoms with Crippen LogP contribution in [0.2, 0.25) is 0 Å². The van der Waals surface area contributed by atoms with Gasteiger partial charge in [-0.15, -0.1) is 0 Å². The highest BCUT2D eigenvalue weighted by atomic mass is 32.2. The van der Waals surface area contributed by atoms with Crippen LogP contribution in [-0.4, -0.2) is 8.42 Å². The predicted octanol–water partition coefficient (Wildman–Crippen LogP) is 2.14. The van der Waals surface area contributed by atoms with E-state index in [4.69, 9.17) is 14.3 Å². The second-order valence-electron chi connectivity index (χ2n) is 4.48. The van der Waals surface area contributed by atoms with E-state index in [1.165, 1.54) is 18.2 Å². The number of nitrogens with two attached hydrogens (primary N) is 1. The zero-order valence-corrected chi connectivity index (χ0v) is 12.0. The first kappa shape index (κ1) is 14.2. The van der Waals surface area contributed by atoms with Gasteiger partial charge < -0.3 is 14.3 Å². The Morgan fingerprint density at radius 1 is 0.955 bits per heavy atom. The number of anilines is 1. The summed E-state index contributed by atoms with van der Waals surface area (Å²) in [7, 11) is -4.10. The minimum absolute atomic E-state index is 0.0354. The van der Waals surface area contributed by atoms with Gasteiger partial charge in [-0.1, -0.05) is 30.3 Å². The third-order valence-corrected chi connectivity index (χ3v) is 4.26. The second kappa shape index (κ2) is 5.19. The Morgan fingerprint density at radius 2 is 1.59 bits per heavy atom. The van der Waals surface area contributed by atoms with Crippen molar-refractivity contribution in [2.75, 3.05) is 5.73 Å². The average molecular weight is 317 g/mol. The smallest absolute Gasteiger partial charge is 0.363 e. The first-order chi connectivity index (χ1) is 10.5. The molecule has 3 aromatic rings. The van der Waals surface area contributed by atoms with E-state index in [-0.39, 0.29) is 16.2 Å². The summed E-state index contributed by atoms with van der Waals surface area (Å²) in [6, 6.07) is 14.0. The van der Waals surface area contributed by atoms with Gasteiger partial charge in [-0.2, -0.15) is 8.42 Å². The van der Waals surface area contributed by atoms with Crippen molar-refractivity contribution >= 4 is 26.8 Å². The fraction of sp³-hybridized carbons (Fsp3) is 0. The number of benzene rings is 2. The van der Waals surface area contributed by atoms with Crippen molar-refractivity contribution in [2.45, 2.75) is 4.90 Å². The van der Waals surface area contributed by atoms with Gasteiger partial charge in [-0.25, -0.2) is 4.79 Å². The lowest BCUT2D eigenvalue weighted by molar-refractivity contribution is 0.484. The molecule has 1 aromatic heterocycles. The zero-order valence-electron chi connectivity index (χ0n) is 11.2. The molecule has 2 aromatic carbocycles. The van der Waals surface area contributed by atoms with E-state index in [1.54, 1.807) is 36.4 Å². The molecule has 0 saturated heterocycles. The first-order valence-electron chi connectivity index (χ1n) is 6.30. The Labute approximate surface area is 125 Å². The van der Waals surface area contributed by atoms with Crippen molar-refractivity contribution in [1.82, 2.24) is 0 Å². The predicted molar refractivity (Wildman–Crippen MR) is 81.2 cm³/mol. The van der Waals surface area contributed by atoms with Gasteiger partial charge >= 0.3 is 15.7 Å². The molecule has 0 saturated carbocycles. The lowest BCUT2D eigenvalue weighted by Gasteiger charge is -2.10. The summed E-state index contributed by atoms with van der Waals surface area (Å²) in [6.07, 6.45) is 0. The molecule has 0 aliphatic heterocycles. The maximum atomic E-state index is 12.3. The summed E-state index contributed by atoms with van der Waals surface area (Å²) in [5, 5.41) is 0.305. The van der Waals surface area contributed by atoms with Crippen LogP contribution in [-0.2, 0) is 10.1 Å². The molecule has 112 valence electrons. The fourth-order valence-electron chi connectivity index (χ4n) is 1.97. The van der Waals surface area contributed by atoms with E-state index in [9.17, 15) is 13.2 Å². The van der Waals surface area contributed by atoms with E-state index in [2.05, 4.69) is 0 Å². The third-order valence-electron chi connectivity index (χ3n) is 3.02. The SMILES string of the molecule is Nc1c(OS(=O)(=O)c2ccccc2)c2ccccc2oc1=O. The molecule has 0 radical (unpaired) electrons. The number of rotatable bonds is 3. The highest BCUT2D eigenvalue weighted by Gasteiger charge is 2.22. The van der Waals surface area contributed by atoms with Crippen LogP contribution in [0.25, 0.3) is 11.0 Å². The van der Waals surface area contributed by atoms with Crippen molar-refractivity contribution in [3.63, 3.8) is 0 Å². The summed E-state index contributed by atoms with van der Waals surface area (Å²) in [6.45, 7) is 0. The Morgan fingerprint density at radius 3 is 2.32 bits per heavy atom. The molecule has 1 heterocycles. The van der Waals surface area contributed by atoms with Crippen molar-refractivity contribution in [3.05, 3.63) is 65.0 Å². The summed E-state index contributed by atoms with van der Waals surface area (Å²) < 4.78 is 34.7. The topological polar surface area (TPSA) is 99.6 Å². The van der Waals surface area contributed by atoms with Crippen molar-refractivity contribution in [1.29, 1.82) is 0 Å². The molecule has 0 aliphatic rings. The molecular formula is C15H11NO5S. The number of para-hydroxylation sites is 1. The van der Waals surface area contributed by atoms with E-state index in [1.807, 2.05) is 0 Å². The van der Waals surface area contributed by atoms with Crippen LogP contribution in [0.1, 0.15) is 0 Å². The molecule has 0 amide bonds. The largest absolute Gasteiger partial charge is 0.421 e. The number of hydrogen-bond donors (Lipinski definition) is 1. The number of nitrogen functional groups attached to an aromatic ring is 1. The van der Waals surface area contributed by atoms with E-state index in [0.29, 0.717) is 5.39 Å². The number of fused-ring (bicyclic) bond motifs is 1. The lowest BCUT2D eigenvalue weighted by Crippen LogP contribution is -2.15. The molecule has 7 heteroatoms. The lowest BCUT2D eigenvalue weighted by atomic mass is 10.2. The van der Waals surface area contributed by atoms with Gasteiger partial charge in [0.2, 0.25) is 0 Å². The van der Waals surface area contributed by atoms with Crippen LogP contribution in [0.5, 0.6) is 5.75 Å². The van der Waals surface area contributed by atoms with Gasteiger partial charge in [0.15, 0.2) is 11.4 Å². The van der Waals surface area contributed by atoms with Gasteiger partial charge in [0.25, 0.3) is 0 Å². The Hall–Kier alpha value is -2.80. The molecule has 6 nitrogen and oxygen atoms in total. The van der Waals surface area contributed by atoms with Crippen LogP contribution < -0.4 is 15.5 Å². The Bertz CT molecular complexity index is 993. The monoisotopic (exact) mass is 317 g/mol. The maximum absolute atomic E-state index is 12.3. The van der Waals surface area contributed by atoms with Crippen molar-refractivity contribution < 1.29 is 17.0 Å². The molecule has 2 N–H and O–H groups in total. The summed E-state index contributed by atoms with van der Waals surface area (Å²) in [5.74, 6) is -0.226. The molecular weight excluding hydrogens is 306 g/mol.